The molecule has 0 radical (unpaired) electrons. The van der Waals surface area contributed by atoms with Crippen LogP contribution in [0, 0.1) is 0 Å². The molecule has 7 nitrogen and oxygen atoms in total. The number of nitrogens with one attached hydrogen (secondary N) is 1. The second-order valence-corrected chi connectivity index (χ2v) is 6.30. The molecule has 1 aromatic carbocycles. The molecule has 0 spiro atoms. The number of ether oxygens (including phenoxy) is 1. The van der Waals surface area contributed by atoms with Crippen LogP contribution in [0.1, 0.15) is 5.82 Å². The molecule has 1 aliphatic rings. The van der Waals surface area contributed by atoms with Gasteiger partial charge in [-0.3, -0.25) is 14.4 Å². The van der Waals surface area contributed by atoms with Crippen LogP contribution in [0.2, 0.25) is 0 Å². The highest BCUT2D eigenvalue weighted by Gasteiger charge is 2.21. The van der Waals surface area contributed by atoms with Crippen LogP contribution in [-0.2, 0) is 17.7 Å². The van der Waals surface area contributed by atoms with Gasteiger partial charge in [-0.25, -0.2) is 4.98 Å². The van der Waals surface area contributed by atoms with E-state index in [1.807, 2.05) is 35.1 Å². The summed E-state index contributed by atoms with van der Waals surface area (Å²) in [6, 6.07) is 9.35. The van der Waals surface area contributed by atoms with Crippen LogP contribution in [0.15, 0.2) is 47.5 Å². The summed E-state index contributed by atoms with van der Waals surface area (Å²) in [6.07, 6.45) is 4.58. The molecule has 1 fully saturated rings. The molecule has 0 aliphatic carbocycles. The molecule has 4 rings (SSSR count). The van der Waals surface area contributed by atoms with Gasteiger partial charge in [0.05, 0.1) is 30.2 Å². The first-order chi connectivity index (χ1) is 12.3. The Kier molecular flexibility index (Phi) is 4.58. The lowest BCUT2D eigenvalue weighted by molar-refractivity contribution is -0.0372. The van der Waals surface area contributed by atoms with Crippen molar-refractivity contribution in [3.05, 3.63) is 58.9 Å². The fourth-order valence-corrected chi connectivity index (χ4v) is 3.23. The lowest BCUT2D eigenvalue weighted by Gasteiger charge is -2.32. The molecule has 1 aliphatic heterocycles. The van der Waals surface area contributed by atoms with Gasteiger partial charge < -0.3 is 9.72 Å². The molecule has 130 valence electrons. The molecule has 1 atom stereocenters. The average Bonchev–Trinajstić information content (AvgIpc) is 3.13. The van der Waals surface area contributed by atoms with Crippen molar-refractivity contribution in [3.8, 4) is 0 Å². The van der Waals surface area contributed by atoms with Crippen molar-refractivity contribution in [2.24, 2.45) is 0 Å². The molecular weight excluding hydrogens is 318 g/mol. The number of nitrogens with zero attached hydrogens (tertiary/aromatic N) is 4. The summed E-state index contributed by atoms with van der Waals surface area (Å²) in [5, 5.41) is 4.87. The van der Waals surface area contributed by atoms with Gasteiger partial charge in [-0.2, -0.15) is 5.10 Å². The summed E-state index contributed by atoms with van der Waals surface area (Å²) < 4.78 is 7.73. The Morgan fingerprint density at radius 2 is 2.20 bits per heavy atom. The fraction of sp³-hybridized carbons (Fsp3) is 0.389. The lowest BCUT2D eigenvalue weighted by Crippen LogP contribution is -2.45. The predicted molar refractivity (Wildman–Crippen MR) is 94.5 cm³/mol. The number of aromatic nitrogens is 4. The number of rotatable bonds is 5. The predicted octanol–water partition coefficient (Wildman–Crippen LogP) is 1.06. The zero-order chi connectivity index (χ0) is 17.1. The Morgan fingerprint density at radius 1 is 1.28 bits per heavy atom. The fourth-order valence-electron chi connectivity index (χ4n) is 3.23. The molecule has 7 heteroatoms. The molecule has 3 aromatic rings. The van der Waals surface area contributed by atoms with Gasteiger partial charge in [-0.1, -0.05) is 12.1 Å². The maximum absolute atomic E-state index is 12.1. The topological polar surface area (TPSA) is 76.0 Å². The van der Waals surface area contributed by atoms with E-state index in [-0.39, 0.29) is 11.7 Å². The molecule has 2 aromatic heterocycles. The van der Waals surface area contributed by atoms with E-state index in [0.717, 1.165) is 37.5 Å². The number of fused-ring (bicyclic) bond motifs is 1. The average molecular weight is 339 g/mol. The number of aromatic amines is 1. The third kappa shape index (κ3) is 3.78. The van der Waals surface area contributed by atoms with Crippen LogP contribution in [-0.4, -0.2) is 57.0 Å². The van der Waals surface area contributed by atoms with Crippen molar-refractivity contribution < 1.29 is 4.74 Å². The van der Waals surface area contributed by atoms with E-state index in [4.69, 9.17) is 4.74 Å². The van der Waals surface area contributed by atoms with Crippen molar-refractivity contribution in [3.63, 3.8) is 0 Å². The Bertz CT molecular complexity index is 890. The summed E-state index contributed by atoms with van der Waals surface area (Å²) in [4.78, 5) is 22.0. The minimum atomic E-state index is -0.0702. The van der Waals surface area contributed by atoms with Gasteiger partial charge in [0.1, 0.15) is 5.82 Å². The summed E-state index contributed by atoms with van der Waals surface area (Å²) in [5.74, 6) is 0.735. The van der Waals surface area contributed by atoms with Crippen molar-refractivity contribution in [2.45, 2.75) is 19.1 Å². The van der Waals surface area contributed by atoms with Crippen LogP contribution < -0.4 is 5.56 Å². The molecule has 0 saturated carbocycles. The number of morpholine rings is 1. The Labute approximate surface area is 145 Å². The highest BCUT2D eigenvalue weighted by Crippen LogP contribution is 2.09. The monoisotopic (exact) mass is 339 g/mol. The van der Waals surface area contributed by atoms with E-state index in [0.29, 0.717) is 18.4 Å². The van der Waals surface area contributed by atoms with Gasteiger partial charge in [0.25, 0.3) is 5.56 Å². The second kappa shape index (κ2) is 7.16. The van der Waals surface area contributed by atoms with Crippen molar-refractivity contribution >= 4 is 10.9 Å². The third-order valence-corrected chi connectivity index (χ3v) is 4.50. The standard InChI is InChI=1S/C18H21N5O2/c24-18-15-4-1-2-5-16(15)20-17(21-18)6-9-22-10-11-25-14(12-22)13-23-8-3-7-19-23/h1-5,7-8,14H,6,9-13H2,(H,20,21,24)/t14-/m0/s1. The third-order valence-electron chi connectivity index (χ3n) is 4.50. The summed E-state index contributed by atoms with van der Waals surface area (Å²) in [5.41, 5.74) is 0.680. The Balaban J connectivity index is 1.38. The highest BCUT2D eigenvalue weighted by atomic mass is 16.5. The molecule has 0 bridgehead atoms. The zero-order valence-corrected chi connectivity index (χ0v) is 14.0. The Hall–Kier alpha value is -2.51. The minimum Gasteiger partial charge on any atom is -0.374 e. The van der Waals surface area contributed by atoms with E-state index in [2.05, 4.69) is 20.0 Å². The first-order valence-corrected chi connectivity index (χ1v) is 8.57. The number of H-pyrrole nitrogens is 1. The van der Waals surface area contributed by atoms with E-state index in [1.165, 1.54) is 0 Å². The minimum absolute atomic E-state index is 0.0702. The quantitative estimate of drug-likeness (QED) is 0.752. The van der Waals surface area contributed by atoms with Crippen LogP contribution in [0.5, 0.6) is 0 Å². The molecule has 25 heavy (non-hydrogen) atoms. The van der Waals surface area contributed by atoms with Crippen LogP contribution >= 0.6 is 0 Å². The van der Waals surface area contributed by atoms with Gasteiger partial charge in [-0.15, -0.1) is 0 Å². The highest BCUT2D eigenvalue weighted by molar-refractivity contribution is 5.77. The van der Waals surface area contributed by atoms with Crippen molar-refractivity contribution in [2.75, 3.05) is 26.2 Å². The van der Waals surface area contributed by atoms with Gasteiger partial charge >= 0.3 is 0 Å². The lowest BCUT2D eigenvalue weighted by atomic mass is 10.2. The van der Waals surface area contributed by atoms with Crippen molar-refractivity contribution in [1.29, 1.82) is 0 Å². The molecule has 0 amide bonds. The second-order valence-electron chi connectivity index (χ2n) is 6.30. The normalized spacial score (nSPS) is 18.6. The van der Waals surface area contributed by atoms with E-state index >= 15 is 0 Å². The number of para-hydroxylation sites is 1. The summed E-state index contributed by atoms with van der Waals surface area (Å²) >= 11 is 0. The first-order valence-electron chi connectivity index (χ1n) is 8.57. The van der Waals surface area contributed by atoms with Crippen LogP contribution in [0.4, 0.5) is 0 Å². The molecule has 1 saturated heterocycles. The SMILES string of the molecule is O=c1[nH]c(CCN2CCO[C@H](Cn3cccn3)C2)nc2ccccc12. The smallest absolute Gasteiger partial charge is 0.258 e. The zero-order valence-electron chi connectivity index (χ0n) is 14.0. The first kappa shape index (κ1) is 16.0. The van der Waals surface area contributed by atoms with Crippen LogP contribution in [0.25, 0.3) is 10.9 Å². The van der Waals surface area contributed by atoms with Crippen LogP contribution in [0.3, 0.4) is 0 Å². The molecule has 3 heterocycles. The van der Waals surface area contributed by atoms with Crippen molar-refractivity contribution in [1.82, 2.24) is 24.6 Å². The van der Waals surface area contributed by atoms with Gasteiger partial charge in [0, 0.05) is 38.4 Å². The van der Waals surface area contributed by atoms with Gasteiger partial charge in [0.15, 0.2) is 0 Å². The number of benzene rings is 1. The summed E-state index contributed by atoms with van der Waals surface area (Å²) in [7, 11) is 0. The van der Waals surface area contributed by atoms with Gasteiger partial charge in [-0.05, 0) is 18.2 Å². The number of hydrogen-bond donors (Lipinski definition) is 1. The maximum atomic E-state index is 12.1. The van der Waals surface area contributed by atoms with Gasteiger partial charge in [0.2, 0.25) is 0 Å². The van der Waals surface area contributed by atoms with E-state index in [9.17, 15) is 4.79 Å². The molecule has 0 unspecified atom stereocenters. The van der Waals surface area contributed by atoms with E-state index < -0.39 is 0 Å². The maximum Gasteiger partial charge on any atom is 0.258 e. The summed E-state index contributed by atoms with van der Waals surface area (Å²) in [6.45, 7) is 4.08. The molecule has 1 N–H and O–H groups in total. The number of hydrogen-bond acceptors (Lipinski definition) is 5. The Morgan fingerprint density at radius 3 is 3.08 bits per heavy atom. The van der Waals surface area contributed by atoms with E-state index in [1.54, 1.807) is 12.3 Å². The molecular formula is C18H21N5O2. The largest absolute Gasteiger partial charge is 0.374 e.